The quantitative estimate of drug-likeness (QED) is 0.851. The van der Waals surface area contributed by atoms with Crippen LogP contribution >= 0.6 is 22.9 Å². The monoisotopic (exact) mass is 283 g/mol. The maximum Gasteiger partial charge on any atom is 0.349 e. The summed E-state index contributed by atoms with van der Waals surface area (Å²) in [5.74, 6) is -0.720. The lowest BCUT2D eigenvalue weighted by Crippen LogP contribution is -2.16. The number of sulfonamides is 1. The number of carbonyl (C=O) groups excluding carboxylic acids is 1. The first kappa shape index (κ1) is 13.4. The van der Waals surface area contributed by atoms with Gasteiger partial charge in [-0.25, -0.2) is 18.4 Å². The predicted octanol–water partition coefficient (Wildman–Crippen LogP) is 1.62. The minimum absolute atomic E-state index is 0.0593. The van der Waals surface area contributed by atoms with Crippen molar-refractivity contribution in [3.8, 4) is 0 Å². The summed E-state index contributed by atoms with van der Waals surface area (Å²) in [6.07, 6.45) is 0.648. The fraction of sp³-hybridized carbons (Fsp3) is 0.375. The Labute approximate surface area is 102 Å². The molecule has 0 bridgehead atoms. The Morgan fingerprint density at radius 2 is 2.25 bits per heavy atom. The Morgan fingerprint density at radius 1 is 1.62 bits per heavy atom. The molecule has 0 aromatic carbocycles. The first-order valence-electron chi connectivity index (χ1n) is 4.34. The van der Waals surface area contributed by atoms with Gasteiger partial charge in [-0.1, -0.05) is 18.5 Å². The molecule has 1 rings (SSSR count). The van der Waals surface area contributed by atoms with Gasteiger partial charge in [0.2, 0.25) is 10.0 Å². The minimum Gasteiger partial charge on any atom is -0.461 e. The number of esters is 1. The maximum absolute atomic E-state index is 11.5. The lowest BCUT2D eigenvalue weighted by molar-refractivity contribution is 0.0507. The van der Waals surface area contributed by atoms with Gasteiger partial charge in [-0.3, -0.25) is 0 Å². The van der Waals surface area contributed by atoms with Crippen molar-refractivity contribution < 1.29 is 17.9 Å². The first-order valence-corrected chi connectivity index (χ1v) is 7.15. The van der Waals surface area contributed by atoms with Crippen molar-refractivity contribution in [2.45, 2.75) is 18.2 Å². The minimum atomic E-state index is -4.01. The van der Waals surface area contributed by atoms with E-state index in [-0.39, 0.29) is 21.4 Å². The standard InChI is InChI=1S/C8H10ClNO4S2/c1-2-3-14-8(11)6-7(16(10,12)13)5(9)4-15-6/h4H,2-3H2,1H3,(H2,10,12,13). The van der Waals surface area contributed by atoms with Crippen molar-refractivity contribution in [1.82, 2.24) is 0 Å². The molecule has 0 amide bonds. The smallest absolute Gasteiger partial charge is 0.349 e. The molecule has 16 heavy (non-hydrogen) atoms. The molecule has 1 aromatic heterocycles. The van der Waals surface area contributed by atoms with E-state index in [2.05, 4.69) is 0 Å². The third kappa shape index (κ3) is 2.94. The number of primary sulfonamides is 1. The number of rotatable bonds is 4. The van der Waals surface area contributed by atoms with E-state index < -0.39 is 16.0 Å². The number of thiophene rings is 1. The van der Waals surface area contributed by atoms with Crippen LogP contribution in [0.25, 0.3) is 0 Å². The topological polar surface area (TPSA) is 86.5 Å². The Kier molecular flexibility index (Phi) is 4.31. The van der Waals surface area contributed by atoms with E-state index in [9.17, 15) is 13.2 Å². The molecule has 0 radical (unpaired) electrons. The summed E-state index contributed by atoms with van der Waals surface area (Å²) in [4.78, 5) is 11.1. The molecule has 0 spiro atoms. The van der Waals surface area contributed by atoms with Gasteiger partial charge >= 0.3 is 5.97 Å². The van der Waals surface area contributed by atoms with Gasteiger partial charge in [-0.2, -0.15) is 0 Å². The zero-order valence-electron chi connectivity index (χ0n) is 8.40. The molecular formula is C8H10ClNO4S2. The Balaban J connectivity index is 3.11. The van der Waals surface area contributed by atoms with Crippen molar-refractivity contribution in [2.24, 2.45) is 5.14 Å². The Morgan fingerprint density at radius 3 is 2.75 bits per heavy atom. The summed E-state index contributed by atoms with van der Waals surface area (Å²) in [6, 6.07) is 0. The van der Waals surface area contributed by atoms with E-state index in [0.29, 0.717) is 6.42 Å². The summed E-state index contributed by atoms with van der Waals surface area (Å²) in [7, 11) is -4.01. The highest BCUT2D eigenvalue weighted by Crippen LogP contribution is 2.30. The van der Waals surface area contributed by atoms with Crippen LogP contribution < -0.4 is 5.14 Å². The highest BCUT2D eigenvalue weighted by Gasteiger charge is 2.26. The first-order chi connectivity index (χ1) is 7.38. The second-order valence-corrected chi connectivity index (χ2v) is 5.71. The normalized spacial score (nSPS) is 11.4. The number of carbonyl (C=O) groups is 1. The molecule has 0 saturated carbocycles. The molecule has 0 fully saturated rings. The molecule has 0 atom stereocenters. The summed E-state index contributed by atoms with van der Waals surface area (Å²) in [5.41, 5.74) is 0. The van der Waals surface area contributed by atoms with Crippen LogP contribution in [0.2, 0.25) is 5.02 Å². The van der Waals surface area contributed by atoms with Gasteiger partial charge in [0, 0.05) is 5.38 Å². The highest BCUT2D eigenvalue weighted by atomic mass is 35.5. The van der Waals surface area contributed by atoms with Gasteiger partial charge in [0.15, 0.2) is 0 Å². The van der Waals surface area contributed by atoms with Gasteiger partial charge in [0.1, 0.15) is 9.77 Å². The lowest BCUT2D eigenvalue weighted by atomic mass is 10.4. The predicted molar refractivity (Wildman–Crippen MR) is 61.3 cm³/mol. The lowest BCUT2D eigenvalue weighted by Gasteiger charge is -2.03. The number of ether oxygens (including phenoxy) is 1. The van der Waals surface area contributed by atoms with Crippen LogP contribution in [0.5, 0.6) is 0 Å². The molecule has 0 saturated heterocycles. The molecule has 90 valence electrons. The number of halogens is 1. The molecule has 8 heteroatoms. The SMILES string of the molecule is CCCOC(=O)c1scc(Cl)c1S(N)(=O)=O. The summed E-state index contributed by atoms with van der Waals surface area (Å²) in [6.45, 7) is 2.05. The fourth-order valence-corrected chi connectivity index (χ4v) is 3.55. The van der Waals surface area contributed by atoms with E-state index >= 15 is 0 Å². The summed E-state index contributed by atoms with van der Waals surface area (Å²) >= 11 is 6.55. The van der Waals surface area contributed by atoms with Crippen LogP contribution in [0.15, 0.2) is 10.3 Å². The van der Waals surface area contributed by atoms with Crippen LogP contribution in [0.3, 0.4) is 0 Å². The fourth-order valence-electron chi connectivity index (χ4n) is 0.992. The van der Waals surface area contributed by atoms with Crippen LogP contribution in [-0.4, -0.2) is 21.0 Å². The summed E-state index contributed by atoms with van der Waals surface area (Å²) < 4.78 is 27.2. The molecular weight excluding hydrogens is 274 g/mol. The third-order valence-corrected chi connectivity index (χ3v) is 4.23. The van der Waals surface area contributed by atoms with Crippen molar-refractivity contribution in [1.29, 1.82) is 0 Å². The van der Waals surface area contributed by atoms with Crippen LogP contribution in [0, 0.1) is 0 Å². The van der Waals surface area contributed by atoms with Gasteiger partial charge in [-0.05, 0) is 6.42 Å². The van der Waals surface area contributed by atoms with E-state index in [4.69, 9.17) is 21.5 Å². The second kappa shape index (κ2) is 5.13. The zero-order chi connectivity index (χ0) is 12.3. The molecule has 0 unspecified atom stereocenters. The molecule has 0 aliphatic heterocycles. The average Bonchev–Trinajstić information content (AvgIpc) is 2.56. The summed E-state index contributed by atoms with van der Waals surface area (Å²) in [5, 5.41) is 6.23. The van der Waals surface area contributed by atoms with Crippen molar-refractivity contribution in [2.75, 3.05) is 6.61 Å². The molecule has 5 nitrogen and oxygen atoms in total. The van der Waals surface area contributed by atoms with Crippen molar-refractivity contribution in [3.05, 3.63) is 15.3 Å². The largest absolute Gasteiger partial charge is 0.461 e. The number of hydrogen-bond acceptors (Lipinski definition) is 5. The van der Waals surface area contributed by atoms with Crippen LogP contribution in [-0.2, 0) is 14.8 Å². The van der Waals surface area contributed by atoms with Gasteiger partial charge in [0.05, 0.1) is 11.6 Å². The molecule has 0 aliphatic rings. The van der Waals surface area contributed by atoms with Crippen LogP contribution in [0.1, 0.15) is 23.0 Å². The van der Waals surface area contributed by atoms with Crippen molar-refractivity contribution >= 4 is 38.9 Å². The average molecular weight is 284 g/mol. The number of hydrogen-bond donors (Lipinski definition) is 1. The Hall–Kier alpha value is -0.630. The van der Waals surface area contributed by atoms with Crippen molar-refractivity contribution in [3.63, 3.8) is 0 Å². The highest BCUT2D eigenvalue weighted by molar-refractivity contribution is 7.89. The van der Waals surface area contributed by atoms with E-state index in [1.807, 2.05) is 6.92 Å². The van der Waals surface area contributed by atoms with Crippen LogP contribution in [0.4, 0.5) is 0 Å². The van der Waals surface area contributed by atoms with E-state index in [1.54, 1.807) is 0 Å². The van der Waals surface area contributed by atoms with E-state index in [1.165, 1.54) is 5.38 Å². The van der Waals surface area contributed by atoms with E-state index in [0.717, 1.165) is 11.3 Å². The molecule has 0 aliphatic carbocycles. The van der Waals surface area contributed by atoms with Gasteiger partial charge in [-0.15, -0.1) is 11.3 Å². The Bertz CT molecular complexity index is 494. The maximum atomic E-state index is 11.5. The second-order valence-electron chi connectivity index (χ2n) is 2.92. The molecule has 2 N–H and O–H groups in total. The van der Waals surface area contributed by atoms with Gasteiger partial charge in [0.25, 0.3) is 0 Å². The zero-order valence-corrected chi connectivity index (χ0v) is 10.8. The molecule has 1 heterocycles. The molecule has 1 aromatic rings. The van der Waals surface area contributed by atoms with Gasteiger partial charge < -0.3 is 4.74 Å². The number of nitrogens with two attached hydrogens (primary N) is 1. The third-order valence-electron chi connectivity index (χ3n) is 1.61.